The summed E-state index contributed by atoms with van der Waals surface area (Å²) >= 11 is 0. The fourth-order valence-corrected chi connectivity index (χ4v) is 1.85. The molecular formula is C12H26O. The molecule has 0 aromatic heterocycles. The second-order valence-electron chi connectivity index (χ2n) is 4.22. The number of aliphatic hydroxyl groups is 1. The summed E-state index contributed by atoms with van der Waals surface area (Å²) in [6, 6.07) is 0. The van der Waals surface area contributed by atoms with E-state index in [1.165, 1.54) is 38.5 Å². The van der Waals surface area contributed by atoms with Crippen LogP contribution in [0.2, 0.25) is 0 Å². The Morgan fingerprint density at radius 3 is 1.62 bits per heavy atom. The van der Waals surface area contributed by atoms with Crippen LogP contribution in [0.5, 0.6) is 0 Å². The highest BCUT2D eigenvalue weighted by atomic mass is 16.3. The third-order valence-corrected chi connectivity index (χ3v) is 3.21. The van der Waals surface area contributed by atoms with E-state index in [0.717, 1.165) is 6.42 Å². The zero-order valence-electron chi connectivity index (χ0n) is 9.60. The number of aliphatic hydroxyl groups excluding tert-OH is 1. The molecule has 1 N–H and O–H groups in total. The molecule has 0 saturated heterocycles. The summed E-state index contributed by atoms with van der Waals surface area (Å²) in [5.41, 5.74) is 0.242. The van der Waals surface area contributed by atoms with Crippen molar-refractivity contribution in [1.29, 1.82) is 0 Å². The van der Waals surface area contributed by atoms with Gasteiger partial charge in [-0.3, -0.25) is 0 Å². The fourth-order valence-electron chi connectivity index (χ4n) is 1.85. The first-order valence-electron chi connectivity index (χ1n) is 5.85. The zero-order valence-corrected chi connectivity index (χ0v) is 9.60. The van der Waals surface area contributed by atoms with Crippen LogP contribution in [-0.4, -0.2) is 11.7 Å². The van der Waals surface area contributed by atoms with E-state index in [2.05, 4.69) is 20.8 Å². The lowest BCUT2D eigenvalue weighted by molar-refractivity contribution is 0.0951. The standard InChI is InChI=1S/C12H26O/c1-4-7-9-12(6-3,11-13)10-8-5-2/h13H,4-11H2,1-3H3. The minimum atomic E-state index is 0.242. The first kappa shape index (κ1) is 13.0. The number of rotatable bonds is 8. The van der Waals surface area contributed by atoms with Crippen molar-refractivity contribution in [3.8, 4) is 0 Å². The third kappa shape index (κ3) is 4.66. The van der Waals surface area contributed by atoms with E-state index in [1.807, 2.05) is 0 Å². The topological polar surface area (TPSA) is 20.2 Å². The van der Waals surface area contributed by atoms with Gasteiger partial charge in [-0.05, 0) is 24.7 Å². The Morgan fingerprint density at radius 1 is 0.923 bits per heavy atom. The van der Waals surface area contributed by atoms with Gasteiger partial charge in [0.1, 0.15) is 0 Å². The Labute approximate surface area is 83.5 Å². The SMILES string of the molecule is CCCCC(CC)(CO)CCCC. The van der Waals surface area contributed by atoms with Crippen LogP contribution < -0.4 is 0 Å². The van der Waals surface area contributed by atoms with Crippen LogP contribution in [0.1, 0.15) is 65.7 Å². The van der Waals surface area contributed by atoms with Crippen molar-refractivity contribution >= 4 is 0 Å². The van der Waals surface area contributed by atoms with E-state index in [9.17, 15) is 5.11 Å². The summed E-state index contributed by atoms with van der Waals surface area (Å²) in [6.45, 7) is 7.03. The van der Waals surface area contributed by atoms with E-state index >= 15 is 0 Å². The van der Waals surface area contributed by atoms with Gasteiger partial charge in [0, 0.05) is 6.61 Å². The first-order valence-corrected chi connectivity index (χ1v) is 5.85. The molecule has 0 aromatic rings. The molecule has 1 heteroatoms. The summed E-state index contributed by atoms with van der Waals surface area (Å²) in [6.07, 6.45) is 8.55. The van der Waals surface area contributed by atoms with Crippen molar-refractivity contribution in [2.75, 3.05) is 6.61 Å². The Bertz CT molecular complexity index is 95.7. The van der Waals surface area contributed by atoms with Crippen LogP contribution in [0, 0.1) is 5.41 Å². The first-order chi connectivity index (χ1) is 6.24. The van der Waals surface area contributed by atoms with Gasteiger partial charge in [-0.25, -0.2) is 0 Å². The average molecular weight is 186 g/mol. The molecule has 0 aliphatic rings. The van der Waals surface area contributed by atoms with Gasteiger partial charge >= 0.3 is 0 Å². The molecular weight excluding hydrogens is 160 g/mol. The fraction of sp³-hybridized carbons (Fsp3) is 1.00. The monoisotopic (exact) mass is 186 g/mol. The molecule has 0 spiro atoms. The van der Waals surface area contributed by atoms with Gasteiger partial charge in [0.2, 0.25) is 0 Å². The predicted octanol–water partition coefficient (Wildman–Crippen LogP) is 3.76. The molecule has 0 aromatic carbocycles. The maximum atomic E-state index is 9.43. The van der Waals surface area contributed by atoms with Crippen molar-refractivity contribution < 1.29 is 5.11 Å². The molecule has 0 rings (SSSR count). The van der Waals surface area contributed by atoms with Crippen LogP contribution in [0.4, 0.5) is 0 Å². The van der Waals surface area contributed by atoms with E-state index in [0.29, 0.717) is 6.61 Å². The molecule has 0 fully saturated rings. The average Bonchev–Trinajstić information content (AvgIpc) is 2.20. The van der Waals surface area contributed by atoms with E-state index in [4.69, 9.17) is 0 Å². The van der Waals surface area contributed by atoms with Gasteiger partial charge in [-0.2, -0.15) is 0 Å². The zero-order chi connectivity index (χ0) is 10.2. The predicted molar refractivity (Wildman–Crippen MR) is 58.9 cm³/mol. The summed E-state index contributed by atoms with van der Waals surface area (Å²) in [5.74, 6) is 0. The molecule has 0 heterocycles. The summed E-state index contributed by atoms with van der Waals surface area (Å²) in [4.78, 5) is 0. The van der Waals surface area contributed by atoms with Crippen molar-refractivity contribution in [2.45, 2.75) is 65.7 Å². The van der Waals surface area contributed by atoms with Gasteiger partial charge < -0.3 is 5.11 Å². The number of hydrogen-bond donors (Lipinski definition) is 1. The van der Waals surface area contributed by atoms with Crippen LogP contribution in [0.25, 0.3) is 0 Å². The van der Waals surface area contributed by atoms with Gasteiger partial charge in [-0.15, -0.1) is 0 Å². The second-order valence-corrected chi connectivity index (χ2v) is 4.22. The minimum Gasteiger partial charge on any atom is -0.396 e. The largest absolute Gasteiger partial charge is 0.396 e. The molecule has 0 saturated carbocycles. The Kier molecular flexibility index (Phi) is 7.35. The smallest absolute Gasteiger partial charge is 0.0487 e. The molecule has 0 atom stereocenters. The summed E-state index contributed by atoms with van der Waals surface area (Å²) < 4.78 is 0. The Morgan fingerprint density at radius 2 is 1.38 bits per heavy atom. The highest BCUT2D eigenvalue weighted by molar-refractivity contribution is 4.76. The molecule has 1 nitrogen and oxygen atoms in total. The molecule has 0 bridgehead atoms. The minimum absolute atomic E-state index is 0.242. The van der Waals surface area contributed by atoms with Gasteiger partial charge in [0.25, 0.3) is 0 Å². The van der Waals surface area contributed by atoms with Crippen molar-refractivity contribution in [3.63, 3.8) is 0 Å². The lowest BCUT2D eigenvalue weighted by Crippen LogP contribution is -2.24. The van der Waals surface area contributed by atoms with E-state index in [1.54, 1.807) is 0 Å². The van der Waals surface area contributed by atoms with Crippen molar-refractivity contribution in [2.24, 2.45) is 5.41 Å². The van der Waals surface area contributed by atoms with E-state index < -0.39 is 0 Å². The van der Waals surface area contributed by atoms with Gasteiger partial charge in [-0.1, -0.05) is 46.5 Å². The Balaban J connectivity index is 3.97. The second kappa shape index (κ2) is 7.37. The summed E-state index contributed by atoms with van der Waals surface area (Å²) in [5, 5.41) is 9.43. The maximum Gasteiger partial charge on any atom is 0.0487 e. The van der Waals surface area contributed by atoms with Crippen LogP contribution in [0.3, 0.4) is 0 Å². The number of hydrogen-bond acceptors (Lipinski definition) is 1. The van der Waals surface area contributed by atoms with Crippen LogP contribution in [0.15, 0.2) is 0 Å². The normalized spacial score (nSPS) is 12.0. The Hall–Kier alpha value is -0.0400. The molecule has 0 radical (unpaired) electrons. The van der Waals surface area contributed by atoms with Crippen molar-refractivity contribution in [1.82, 2.24) is 0 Å². The molecule has 80 valence electrons. The molecule has 0 aliphatic heterocycles. The van der Waals surface area contributed by atoms with Gasteiger partial charge in [0.05, 0.1) is 0 Å². The maximum absolute atomic E-state index is 9.43. The summed E-state index contributed by atoms with van der Waals surface area (Å²) in [7, 11) is 0. The van der Waals surface area contributed by atoms with E-state index in [-0.39, 0.29) is 5.41 Å². The molecule has 13 heavy (non-hydrogen) atoms. The van der Waals surface area contributed by atoms with Crippen molar-refractivity contribution in [3.05, 3.63) is 0 Å². The molecule has 0 aliphatic carbocycles. The molecule has 0 unspecified atom stereocenters. The lowest BCUT2D eigenvalue weighted by atomic mass is 9.77. The highest BCUT2D eigenvalue weighted by Gasteiger charge is 2.25. The molecule has 0 amide bonds. The van der Waals surface area contributed by atoms with Crippen LogP contribution in [-0.2, 0) is 0 Å². The number of unbranched alkanes of at least 4 members (excludes halogenated alkanes) is 2. The third-order valence-electron chi connectivity index (χ3n) is 3.21. The lowest BCUT2D eigenvalue weighted by Gasteiger charge is -2.30. The van der Waals surface area contributed by atoms with Gasteiger partial charge in [0.15, 0.2) is 0 Å². The van der Waals surface area contributed by atoms with Crippen LogP contribution >= 0.6 is 0 Å². The highest BCUT2D eigenvalue weighted by Crippen LogP contribution is 2.33. The quantitative estimate of drug-likeness (QED) is 0.612.